The van der Waals surface area contributed by atoms with Gasteiger partial charge in [0, 0.05) is 15.7 Å². The molecule has 1 aromatic rings. The minimum Gasteiger partial charge on any atom is -0.449 e. The minimum absolute atomic E-state index is 0.0208. The van der Waals surface area contributed by atoms with Gasteiger partial charge in [0.1, 0.15) is 0 Å². The van der Waals surface area contributed by atoms with Crippen LogP contribution in [0, 0.1) is 3.57 Å². The second kappa shape index (κ2) is 8.17. The van der Waals surface area contributed by atoms with E-state index in [1.165, 1.54) is 0 Å². The fraction of sp³-hybridized carbons (Fsp3) is 0.333. The maximum absolute atomic E-state index is 11.5. The van der Waals surface area contributed by atoms with Crippen LogP contribution < -0.4 is 10.0 Å². The molecular weight excluding hydrogens is 411 g/mol. The number of carbonyl (C=O) groups is 2. The van der Waals surface area contributed by atoms with Crippen molar-refractivity contribution in [2.75, 3.05) is 18.2 Å². The van der Waals surface area contributed by atoms with Crippen LogP contribution in [0.5, 0.6) is 0 Å². The van der Waals surface area contributed by atoms with E-state index in [0.29, 0.717) is 5.69 Å². The summed E-state index contributed by atoms with van der Waals surface area (Å²) < 4.78 is 29.3. The second-order valence-corrected chi connectivity index (χ2v) is 7.17. The molecule has 2 N–H and O–H groups in total. The molecule has 0 bridgehead atoms. The van der Waals surface area contributed by atoms with Gasteiger partial charge >= 0.3 is 6.09 Å². The van der Waals surface area contributed by atoms with Crippen LogP contribution in [0.15, 0.2) is 24.3 Å². The van der Waals surface area contributed by atoms with Gasteiger partial charge < -0.3 is 4.74 Å². The van der Waals surface area contributed by atoms with Crippen molar-refractivity contribution in [3.63, 3.8) is 0 Å². The monoisotopic (exact) mass is 426 g/mol. The van der Waals surface area contributed by atoms with Crippen molar-refractivity contribution in [2.24, 2.45) is 0 Å². The zero-order valence-electron chi connectivity index (χ0n) is 11.3. The van der Waals surface area contributed by atoms with Gasteiger partial charge in [0.2, 0.25) is 15.9 Å². The van der Waals surface area contributed by atoms with Gasteiger partial charge in [-0.3, -0.25) is 14.8 Å². The summed E-state index contributed by atoms with van der Waals surface area (Å²) in [6.07, 6.45) is 0.473. The van der Waals surface area contributed by atoms with E-state index in [-0.39, 0.29) is 19.4 Å². The third kappa shape index (κ3) is 8.50. The average molecular weight is 426 g/mol. The molecule has 0 aliphatic rings. The number of hydrogen-bond donors (Lipinski definition) is 2. The Hall–Kier alpha value is -1.36. The van der Waals surface area contributed by atoms with E-state index in [1.54, 1.807) is 18.2 Å². The third-order valence-corrected chi connectivity index (χ3v) is 3.42. The van der Waals surface area contributed by atoms with E-state index in [9.17, 15) is 18.0 Å². The lowest BCUT2D eigenvalue weighted by Crippen LogP contribution is -2.29. The number of amides is 2. The topological polar surface area (TPSA) is 102 Å². The summed E-state index contributed by atoms with van der Waals surface area (Å²) in [7, 11) is -3.54. The van der Waals surface area contributed by atoms with Gasteiger partial charge in [-0.05, 0) is 47.2 Å². The van der Waals surface area contributed by atoms with Crippen LogP contribution in [0.25, 0.3) is 0 Å². The fourth-order valence-electron chi connectivity index (χ4n) is 1.38. The number of halogens is 1. The molecular formula is C12H15IN2O5S. The normalized spacial score (nSPS) is 10.8. The summed E-state index contributed by atoms with van der Waals surface area (Å²) in [6, 6.07) is 7.19. The van der Waals surface area contributed by atoms with Crippen LogP contribution in [-0.4, -0.2) is 33.3 Å². The first kappa shape index (κ1) is 17.7. The van der Waals surface area contributed by atoms with Gasteiger partial charge in [-0.2, -0.15) is 0 Å². The molecule has 2 amide bonds. The summed E-state index contributed by atoms with van der Waals surface area (Å²) in [5.74, 6) is -0.626. The number of hydrogen-bond acceptors (Lipinski definition) is 5. The molecule has 0 aromatic heterocycles. The maximum Gasteiger partial charge on any atom is 0.411 e. The van der Waals surface area contributed by atoms with Crippen LogP contribution >= 0.6 is 22.6 Å². The van der Waals surface area contributed by atoms with E-state index in [0.717, 1.165) is 9.83 Å². The highest BCUT2D eigenvalue weighted by atomic mass is 127. The van der Waals surface area contributed by atoms with Gasteiger partial charge in [0.25, 0.3) is 0 Å². The van der Waals surface area contributed by atoms with Crippen molar-refractivity contribution in [2.45, 2.75) is 12.8 Å². The molecule has 0 atom stereocenters. The molecule has 1 aromatic carbocycles. The quantitative estimate of drug-likeness (QED) is 0.533. The smallest absolute Gasteiger partial charge is 0.411 e. The van der Waals surface area contributed by atoms with Crippen LogP contribution in [0.2, 0.25) is 0 Å². The lowest BCUT2D eigenvalue weighted by molar-refractivity contribution is -0.119. The minimum atomic E-state index is -3.54. The van der Waals surface area contributed by atoms with E-state index in [4.69, 9.17) is 4.74 Å². The Bertz CT molecular complexity index is 618. The van der Waals surface area contributed by atoms with Crippen LogP contribution in [0.3, 0.4) is 0 Å². The zero-order valence-corrected chi connectivity index (χ0v) is 14.2. The van der Waals surface area contributed by atoms with Gasteiger partial charge in [-0.25, -0.2) is 13.2 Å². The Kier molecular flexibility index (Phi) is 6.89. The highest BCUT2D eigenvalue weighted by molar-refractivity contribution is 14.1. The average Bonchev–Trinajstić information content (AvgIpc) is 2.32. The van der Waals surface area contributed by atoms with E-state index < -0.39 is 22.0 Å². The number of nitrogens with one attached hydrogen (secondary N) is 2. The fourth-order valence-corrected chi connectivity index (χ4v) is 2.43. The molecule has 0 saturated carbocycles. The van der Waals surface area contributed by atoms with Gasteiger partial charge in [-0.15, -0.1) is 0 Å². The molecule has 0 fully saturated rings. The Balaban J connectivity index is 2.24. The van der Waals surface area contributed by atoms with Crippen molar-refractivity contribution in [1.82, 2.24) is 4.72 Å². The molecule has 1 rings (SSSR count). The number of sulfonamides is 1. The Labute approximate surface area is 136 Å². The second-order valence-electron chi connectivity index (χ2n) is 4.17. The Morgan fingerprint density at radius 1 is 1.33 bits per heavy atom. The molecule has 7 nitrogen and oxygen atoms in total. The van der Waals surface area contributed by atoms with Gasteiger partial charge in [-0.1, -0.05) is 6.07 Å². The van der Waals surface area contributed by atoms with Crippen LogP contribution in [-0.2, 0) is 19.6 Å². The Morgan fingerprint density at radius 3 is 2.67 bits per heavy atom. The number of benzene rings is 1. The largest absolute Gasteiger partial charge is 0.449 e. The van der Waals surface area contributed by atoms with Gasteiger partial charge in [0.15, 0.2) is 0 Å². The molecule has 9 heteroatoms. The predicted molar refractivity (Wildman–Crippen MR) is 86.4 cm³/mol. The summed E-state index contributed by atoms with van der Waals surface area (Å²) in [5.41, 5.74) is 0.613. The lowest BCUT2D eigenvalue weighted by atomic mass is 10.3. The van der Waals surface area contributed by atoms with Crippen molar-refractivity contribution in [3.05, 3.63) is 27.8 Å². The molecule has 116 valence electrons. The maximum atomic E-state index is 11.5. The third-order valence-electron chi connectivity index (χ3n) is 2.15. The highest BCUT2D eigenvalue weighted by Crippen LogP contribution is 2.12. The summed E-state index contributed by atoms with van der Waals surface area (Å²) in [5, 5.41) is 2.55. The van der Waals surface area contributed by atoms with E-state index >= 15 is 0 Å². The number of anilines is 1. The zero-order chi connectivity index (χ0) is 15.9. The van der Waals surface area contributed by atoms with Crippen LogP contribution in [0.4, 0.5) is 10.5 Å². The van der Waals surface area contributed by atoms with E-state index in [1.807, 2.05) is 10.8 Å². The SMILES string of the molecule is CS(=O)(=O)NC(=O)CCCOC(=O)Nc1cccc(I)c1. The van der Waals surface area contributed by atoms with Crippen molar-refractivity contribution < 1.29 is 22.7 Å². The number of carbonyl (C=O) groups excluding carboxylic acids is 2. The molecule has 0 spiro atoms. The summed E-state index contributed by atoms with van der Waals surface area (Å²) in [4.78, 5) is 22.6. The first-order chi connectivity index (χ1) is 9.76. The van der Waals surface area contributed by atoms with Crippen molar-refractivity contribution in [1.29, 1.82) is 0 Å². The van der Waals surface area contributed by atoms with E-state index in [2.05, 4.69) is 27.9 Å². The van der Waals surface area contributed by atoms with Gasteiger partial charge in [0.05, 0.1) is 12.9 Å². The molecule has 0 radical (unpaired) electrons. The molecule has 0 aliphatic heterocycles. The molecule has 21 heavy (non-hydrogen) atoms. The summed E-state index contributed by atoms with van der Waals surface area (Å²) >= 11 is 2.12. The number of rotatable bonds is 6. The highest BCUT2D eigenvalue weighted by Gasteiger charge is 2.09. The molecule has 0 aliphatic carbocycles. The molecule has 0 unspecified atom stereocenters. The standard InChI is InChI=1S/C12H15IN2O5S/c1-21(18,19)15-11(16)6-3-7-20-12(17)14-10-5-2-4-9(13)8-10/h2,4-5,8H,3,6-7H2,1H3,(H,14,17)(H,15,16). The number of ether oxygens (including phenoxy) is 1. The van der Waals surface area contributed by atoms with Crippen molar-refractivity contribution >= 4 is 50.3 Å². The molecule has 0 saturated heterocycles. The van der Waals surface area contributed by atoms with Crippen LogP contribution in [0.1, 0.15) is 12.8 Å². The first-order valence-corrected chi connectivity index (χ1v) is 8.93. The lowest BCUT2D eigenvalue weighted by Gasteiger charge is -2.07. The summed E-state index contributed by atoms with van der Waals surface area (Å²) in [6.45, 7) is 0.0208. The van der Waals surface area contributed by atoms with Crippen molar-refractivity contribution in [3.8, 4) is 0 Å². The predicted octanol–water partition coefficient (Wildman–Crippen LogP) is 1.70. The first-order valence-electron chi connectivity index (χ1n) is 5.96. The molecule has 0 heterocycles. The Morgan fingerprint density at radius 2 is 2.05 bits per heavy atom.